The lowest BCUT2D eigenvalue weighted by molar-refractivity contribution is -0.131. The molecule has 4 nitrogen and oxygen atoms in total. The van der Waals surface area contributed by atoms with Gasteiger partial charge in [0.05, 0.1) is 12.6 Å². The van der Waals surface area contributed by atoms with Crippen molar-refractivity contribution < 1.29 is 9.53 Å². The molecule has 2 N–H and O–H groups in total. The molecule has 0 radical (unpaired) electrons. The summed E-state index contributed by atoms with van der Waals surface area (Å²) in [5.41, 5.74) is 6.88. The van der Waals surface area contributed by atoms with E-state index < -0.39 is 6.04 Å². The molecule has 0 spiro atoms. The van der Waals surface area contributed by atoms with Crippen LogP contribution in [0, 0.1) is 6.92 Å². The van der Waals surface area contributed by atoms with Crippen LogP contribution in [0.1, 0.15) is 18.9 Å². The van der Waals surface area contributed by atoms with E-state index in [-0.39, 0.29) is 5.91 Å². The Labute approximate surface area is 109 Å². The Morgan fingerprint density at radius 3 is 2.56 bits per heavy atom. The highest BCUT2D eigenvalue weighted by molar-refractivity contribution is 5.81. The van der Waals surface area contributed by atoms with Crippen molar-refractivity contribution in [3.05, 3.63) is 29.8 Å². The fraction of sp³-hybridized carbons (Fsp3) is 0.500. The number of aryl methyl sites for hydroxylation is 1. The van der Waals surface area contributed by atoms with Crippen molar-refractivity contribution in [1.82, 2.24) is 4.90 Å². The number of carbonyl (C=O) groups excluding carboxylic acids is 1. The van der Waals surface area contributed by atoms with Gasteiger partial charge in [0.25, 0.3) is 0 Å². The lowest BCUT2D eigenvalue weighted by atomic mass is 10.2. The molecule has 0 aliphatic heterocycles. The molecule has 0 saturated carbocycles. The minimum atomic E-state index is -0.408. The first kappa shape index (κ1) is 14.5. The first-order valence-electron chi connectivity index (χ1n) is 6.24. The Morgan fingerprint density at radius 1 is 1.39 bits per heavy atom. The van der Waals surface area contributed by atoms with Gasteiger partial charge >= 0.3 is 0 Å². The Morgan fingerprint density at radius 2 is 2.00 bits per heavy atom. The van der Waals surface area contributed by atoms with Crippen LogP contribution in [0.25, 0.3) is 0 Å². The number of amides is 1. The lowest BCUT2D eigenvalue weighted by Gasteiger charge is -2.20. The number of likely N-dealkylation sites (N-methyl/N-ethyl adjacent to an activating group) is 1. The van der Waals surface area contributed by atoms with Crippen LogP contribution in [0.5, 0.6) is 5.75 Å². The van der Waals surface area contributed by atoms with Crippen LogP contribution in [-0.2, 0) is 4.79 Å². The third kappa shape index (κ3) is 4.37. The Kier molecular flexibility index (Phi) is 5.65. The average Bonchev–Trinajstić information content (AvgIpc) is 2.39. The normalized spacial score (nSPS) is 12.0. The first-order valence-corrected chi connectivity index (χ1v) is 6.24. The molecule has 0 aliphatic rings. The second kappa shape index (κ2) is 7.01. The number of ether oxygens (including phenoxy) is 1. The Hall–Kier alpha value is -1.55. The topological polar surface area (TPSA) is 55.6 Å². The van der Waals surface area contributed by atoms with Crippen LogP contribution in [0.3, 0.4) is 0 Å². The van der Waals surface area contributed by atoms with Gasteiger partial charge in [0, 0.05) is 7.05 Å². The minimum absolute atomic E-state index is 0.0370. The molecular weight excluding hydrogens is 228 g/mol. The van der Waals surface area contributed by atoms with Crippen LogP contribution < -0.4 is 10.5 Å². The maximum absolute atomic E-state index is 11.7. The number of nitrogens with two attached hydrogens (primary N) is 1. The van der Waals surface area contributed by atoms with Crippen LogP contribution >= 0.6 is 0 Å². The van der Waals surface area contributed by atoms with Gasteiger partial charge in [0.15, 0.2) is 0 Å². The van der Waals surface area contributed by atoms with E-state index in [9.17, 15) is 4.79 Å². The van der Waals surface area contributed by atoms with Crippen molar-refractivity contribution in [2.45, 2.75) is 26.3 Å². The molecule has 18 heavy (non-hydrogen) atoms. The van der Waals surface area contributed by atoms with Gasteiger partial charge in [0.2, 0.25) is 5.91 Å². The van der Waals surface area contributed by atoms with Crippen molar-refractivity contribution in [2.24, 2.45) is 5.73 Å². The third-order valence-electron chi connectivity index (χ3n) is 2.85. The number of hydrogen-bond acceptors (Lipinski definition) is 3. The fourth-order valence-corrected chi connectivity index (χ4v) is 1.50. The summed E-state index contributed by atoms with van der Waals surface area (Å²) in [6, 6.07) is 7.44. The summed E-state index contributed by atoms with van der Waals surface area (Å²) >= 11 is 0. The summed E-state index contributed by atoms with van der Waals surface area (Å²) < 4.78 is 5.56. The summed E-state index contributed by atoms with van der Waals surface area (Å²) in [5.74, 6) is 0.784. The molecule has 1 rings (SSSR count). The second-order valence-corrected chi connectivity index (χ2v) is 4.44. The maximum atomic E-state index is 11.7. The van der Waals surface area contributed by atoms with E-state index >= 15 is 0 Å². The standard InChI is InChI=1S/C14H22N2O2/c1-4-13(15)14(17)16(3)9-10-18-12-7-5-11(2)6-8-12/h5-8,13H,4,9-10,15H2,1-3H3/t13-/m0/s1. The van der Waals surface area contributed by atoms with Gasteiger partial charge in [-0.2, -0.15) is 0 Å². The van der Waals surface area contributed by atoms with E-state index in [2.05, 4.69) is 0 Å². The molecule has 0 fully saturated rings. The van der Waals surface area contributed by atoms with Crippen molar-refractivity contribution in [2.75, 3.05) is 20.2 Å². The predicted octanol–water partition coefficient (Wildman–Crippen LogP) is 1.57. The Balaban J connectivity index is 2.33. The molecular formula is C14H22N2O2. The van der Waals surface area contributed by atoms with Crippen molar-refractivity contribution >= 4 is 5.91 Å². The molecule has 0 aromatic heterocycles. The highest BCUT2D eigenvalue weighted by atomic mass is 16.5. The van der Waals surface area contributed by atoms with Gasteiger partial charge in [-0.3, -0.25) is 4.79 Å². The zero-order valence-corrected chi connectivity index (χ0v) is 11.3. The van der Waals surface area contributed by atoms with Gasteiger partial charge < -0.3 is 15.4 Å². The molecule has 4 heteroatoms. The monoisotopic (exact) mass is 250 g/mol. The maximum Gasteiger partial charge on any atom is 0.239 e. The van der Waals surface area contributed by atoms with Crippen LogP contribution in [0.4, 0.5) is 0 Å². The number of benzene rings is 1. The van der Waals surface area contributed by atoms with E-state index in [4.69, 9.17) is 10.5 Å². The summed E-state index contributed by atoms with van der Waals surface area (Å²) in [6.45, 7) is 4.95. The zero-order valence-electron chi connectivity index (χ0n) is 11.3. The van der Waals surface area contributed by atoms with Crippen molar-refractivity contribution in [3.63, 3.8) is 0 Å². The highest BCUT2D eigenvalue weighted by Gasteiger charge is 2.15. The van der Waals surface area contributed by atoms with E-state index in [0.29, 0.717) is 19.6 Å². The van der Waals surface area contributed by atoms with Crippen LogP contribution in [0.2, 0.25) is 0 Å². The van der Waals surface area contributed by atoms with E-state index in [1.54, 1.807) is 11.9 Å². The number of rotatable bonds is 6. The van der Waals surface area contributed by atoms with Crippen molar-refractivity contribution in [3.8, 4) is 5.75 Å². The van der Waals surface area contributed by atoms with E-state index in [0.717, 1.165) is 5.75 Å². The van der Waals surface area contributed by atoms with Gasteiger partial charge in [-0.05, 0) is 25.5 Å². The van der Waals surface area contributed by atoms with E-state index in [1.807, 2.05) is 38.1 Å². The van der Waals surface area contributed by atoms with Crippen LogP contribution in [-0.4, -0.2) is 37.0 Å². The third-order valence-corrected chi connectivity index (χ3v) is 2.85. The van der Waals surface area contributed by atoms with Crippen LogP contribution in [0.15, 0.2) is 24.3 Å². The minimum Gasteiger partial charge on any atom is -0.492 e. The quantitative estimate of drug-likeness (QED) is 0.833. The van der Waals surface area contributed by atoms with Crippen molar-refractivity contribution in [1.29, 1.82) is 0 Å². The zero-order chi connectivity index (χ0) is 13.5. The predicted molar refractivity (Wildman–Crippen MR) is 72.6 cm³/mol. The molecule has 100 valence electrons. The summed E-state index contributed by atoms with van der Waals surface area (Å²) in [4.78, 5) is 13.3. The van der Waals surface area contributed by atoms with Gasteiger partial charge in [0.1, 0.15) is 12.4 Å². The van der Waals surface area contributed by atoms with Gasteiger partial charge in [-0.25, -0.2) is 0 Å². The average molecular weight is 250 g/mol. The van der Waals surface area contributed by atoms with E-state index in [1.165, 1.54) is 5.56 Å². The summed E-state index contributed by atoms with van der Waals surface area (Å²) in [6.07, 6.45) is 0.655. The molecule has 1 atom stereocenters. The molecule has 0 heterocycles. The second-order valence-electron chi connectivity index (χ2n) is 4.44. The smallest absolute Gasteiger partial charge is 0.239 e. The number of carbonyl (C=O) groups is 1. The first-order chi connectivity index (χ1) is 8.54. The molecule has 1 aromatic rings. The number of hydrogen-bond donors (Lipinski definition) is 1. The van der Waals surface area contributed by atoms with Gasteiger partial charge in [-0.15, -0.1) is 0 Å². The SMILES string of the molecule is CC[C@H](N)C(=O)N(C)CCOc1ccc(C)cc1. The summed E-state index contributed by atoms with van der Waals surface area (Å²) in [7, 11) is 1.75. The summed E-state index contributed by atoms with van der Waals surface area (Å²) in [5, 5.41) is 0. The molecule has 0 bridgehead atoms. The Bertz CT molecular complexity index is 376. The van der Waals surface area contributed by atoms with Gasteiger partial charge in [-0.1, -0.05) is 24.6 Å². The molecule has 0 aliphatic carbocycles. The lowest BCUT2D eigenvalue weighted by Crippen LogP contribution is -2.42. The highest BCUT2D eigenvalue weighted by Crippen LogP contribution is 2.11. The molecule has 1 amide bonds. The molecule has 1 aromatic carbocycles. The fourth-order valence-electron chi connectivity index (χ4n) is 1.50. The largest absolute Gasteiger partial charge is 0.492 e. The molecule has 0 saturated heterocycles. The molecule has 0 unspecified atom stereocenters. The number of nitrogens with zero attached hydrogens (tertiary/aromatic N) is 1.